The lowest BCUT2D eigenvalue weighted by Gasteiger charge is -2.42. The molecule has 154 valence electrons. The Morgan fingerprint density at radius 3 is 2.52 bits per heavy atom. The van der Waals surface area contributed by atoms with E-state index in [1.165, 1.54) is 12.8 Å². The van der Waals surface area contributed by atoms with E-state index in [-0.39, 0.29) is 24.5 Å². The minimum absolute atomic E-state index is 0.0851. The molecule has 0 unspecified atom stereocenters. The number of carboxylic acid groups (broad SMARTS) is 1. The van der Waals surface area contributed by atoms with E-state index in [2.05, 4.69) is 15.3 Å². The summed E-state index contributed by atoms with van der Waals surface area (Å²) >= 11 is 0. The first kappa shape index (κ1) is 19.6. The van der Waals surface area contributed by atoms with Gasteiger partial charge in [0.2, 0.25) is 0 Å². The first-order chi connectivity index (χ1) is 13.9. The van der Waals surface area contributed by atoms with E-state index in [9.17, 15) is 14.7 Å². The Kier molecular flexibility index (Phi) is 5.41. The van der Waals surface area contributed by atoms with Crippen LogP contribution < -0.4 is 5.32 Å². The van der Waals surface area contributed by atoms with Crippen LogP contribution in [-0.4, -0.2) is 56.8 Å². The highest BCUT2D eigenvalue weighted by Gasteiger charge is 2.38. The molecule has 2 aliphatic rings. The molecule has 0 bridgehead atoms. The number of hydrogen-bond donors (Lipinski definition) is 2. The molecule has 7 heteroatoms. The fraction of sp³-hybridized carbons (Fsp3) is 0.500. The third-order valence-corrected chi connectivity index (χ3v) is 6.01. The van der Waals surface area contributed by atoms with Gasteiger partial charge in [0, 0.05) is 18.6 Å². The second-order valence-electron chi connectivity index (χ2n) is 8.36. The second-order valence-corrected chi connectivity index (χ2v) is 8.36. The number of carbonyl (C=O) groups is 2. The third-order valence-electron chi connectivity index (χ3n) is 6.01. The standard InChI is InChI=1S/C22H28N4O3/c1-14-21(15(2)26(24-14)18-6-4-3-5-7-18)22(29)23-17-10-19(11-17)25(13-20(27)28)12-16-8-9-16/h3-7,16-17,19H,8-13H2,1-2H3,(H,23,29)(H,27,28). The summed E-state index contributed by atoms with van der Waals surface area (Å²) in [5, 5.41) is 16.9. The fourth-order valence-corrected chi connectivity index (χ4v) is 4.20. The number of amides is 1. The van der Waals surface area contributed by atoms with E-state index >= 15 is 0 Å². The number of carboxylic acids is 1. The lowest BCUT2D eigenvalue weighted by atomic mass is 9.85. The third kappa shape index (κ3) is 4.34. The molecule has 0 saturated heterocycles. The number of benzene rings is 1. The van der Waals surface area contributed by atoms with E-state index in [1.807, 2.05) is 44.2 Å². The Hall–Kier alpha value is -2.67. The highest BCUT2D eigenvalue weighted by atomic mass is 16.4. The van der Waals surface area contributed by atoms with Crippen molar-refractivity contribution in [2.75, 3.05) is 13.1 Å². The molecule has 2 aliphatic carbocycles. The van der Waals surface area contributed by atoms with Crippen molar-refractivity contribution in [3.8, 4) is 5.69 Å². The van der Waals surface area contributed by atoms with Gasteiger partial charge in [-0.3, -0.25) is 14.5 Å². The number of rotatable bonds is 8. The molecule has 0 atom stereocenters. The molecule has 2 N–H and O–H groups in total. The second kappa shape index (κ2) is 7.99. The molecule has 0 spiro atoms. The van der Waals surface area contributed by atoms with Crippen LogP contribution in [0.2, 0.25) is 0 Å². The summed E-state index contributed by atoms with van der Waals surface area (Å²) in [4.78, 5) is 26.2. The van der Waals surface area contributed by atoms with Crippen LogP contribution in [0.1, 0.15) is 47.4 Å². The quantitative estimate of drug-likeness (QED) is 0.716. The fourth-order valence-electron chi connectivity index (χ4n) is 4.20. The van der Waals surface area contributed by atoms with Gasteiger partial charge in [-0.15, -0.1) is 0 Å². The average molecular weight is 396 g/mol. The van der Waals surface area contributed by atoms with Crippen molar-refractivity contribution < 1.29 is 14.7 Å². The molecule has 1 heterocycles. The molecule has 7 nitrogen and oxygen atoms in total. The molecule has 0 aliphatic heterocycles. The molecule has 1 aromatic carbocycles. The van der Waals surface area contributed by atoms with Crippen molar-refractivity contribution in [1.29, 1.82) is 0 Å². The minimum Gasteiger partial charge on any atom is -0.480 e. The van der Waals surface area contributed by atoms with Crippen LogP contribution in [0.3, 0.4) is 0 Å². The Morgan fingerprint density at radius 2 is 1.90 bits per heavy atom. The molecular weight excluding hydrogens is 368 g/mol. The maximum Gasteiger partial charge on any atom is 0.317 e. The number of aliphatic carboxylic acids is 1. The summed E-state index contributed by atoms with van der Waals surface area (Å²) in [7, 11) is 0. The van der Waals surface area contributed by atoms with Crippen molar-refractivity contribution >= 4 is 11.9 Å². The number of nitrogens with one attached hydrogen (secondary N) is 1. The zero-order valence-electron chi connectivity index (χ0n) is 17.0. The van der Waals surface area contributed by atoms with Gasteiger partial charge in [0.05, 0.1) is 29.2 Å². The summed E-state index contributed by atoms with van der Waals surface area (Å²) in [6, 6.07) is 10.1. The van der Waals surface area contributed by atoms with Gasteiger partial charge in [-0.2, -0.15) is 5.10 Å². The van der Waals surface area contributed by atoms with Crippen LogP contribution in [0, 0.1) is 19.8 Å². The van der Waals surface area contributed by atoms with Crippen LogP contribution in [0.5, 0.6) is 0 Å². The van der Waals surface area contributed by atoms with E-state index in [0.29, 0.717) is 17.2 Å². The van der Waals surface area contributed by atoms with Gasteiger partial charge in [-0.1, -0.05) is 18.2 Å². The maximum absolute atomic E-state index is 12.9. The van der Waals surface area contributed by atoms with Crippen LogP contribution in [0.15, 0.2) is 30.3 Å². The molecule has 4 rings (SSSR count). The Bertz CT molecular complexity index is 898. The molecule has 29 heavy (non-hydrogen) atoms. The number of aromatic nitrogens is 2. The van der Waals surface area contributed by atoms with Crippen LogP contribution in [0.4, 0.5) is 0 Å². The van der Waals surface area contributed by atoms with Gasteiger partial charge in [-0.25, -0.2) is 4.68 Å². The van der Waals surface area contributed by atoms with Crippen LogP contribution >= 0.6 is 0 Å². The van der Waals surface area contributed by atoms with Gasteiger partial charge >= 0.3 is 5.97 Å². The predicted octanol–water partition coefficient (Wildman–Crippen LogP) is 2.55. The molecule has 0 radical (unpaired) electrons. The Morgan fingerprint density at radius 1 is 1.21 bits per heavy atom. The SMILES string of the molecule is Cc1nn(-c2ccccc2)c(C)c1C(=O)NC1CC(N(CC(=O)O)CC2CC2)C1. The summed E-state index contributed by atoms with van der Waals surface area (Å²) < 4.78 is 1.80. The van der Waals surface area contributed by atoms with E-state index in [4.69, 9.17) is 0 Å². The molecule has 2 fully saturated rings. The number of aryl methyl sites for hydroxylation is 1. The number of nitrogens with zero attached hydrogens (tertiary/aromatic N) is 3. The van der Waals surface area contributed by atoms with Crippen molar-refractivity contribution in [2.24, 2.45) is 5.92 Å². The lowest BCUT2D eigenvalue weighted by Crippen LogP contribution is -2.55. The largest absolute Gasteiger partial charge is 0.480 e. The monoisotopic (exact) mass is 396 g/mol. The van der Waals surface area contributed by atoms with Gasteiger partial charge in [0.25, 0.3) is 5.91 Å². The number of hydrogen-bond acceptors (Lipinski definition) is 4. The average Bonchev–Trinajstić information content (AvgIpc) is 3.41. The maximum atomic E-state index is 12.9. The Labute approximate surface area is 170 Å². The van der Waals surface area contributed by atoms with Crippen molar-refractivity contribution in [1.82, 2.24) is 20.0 Å². The zero-order valence-corrected chi connectivity index (χ0v) is 17.0. The summed E-state index contributed by atoms with van der Waals surface area (Å²) in [6.45, 7) is 4.72. The molecule has 1 aromatic heterocycles. The van der Waals surface area contributed by atoms with Gasteiger partial charge < -0.3 is 10.4 Å². The minimum atomic E-state index is -0.780. The first-order valence-corrected chi connectivity index (χ1v) is 10.3. The highest BCUT2D eigenvalue weighted by molar-refractivity contribution is 5.96. The van der Waals surface area contributed by atoms with Crippen molar-refractivity contribution in [3.63, 3.8) is 0 Å². The van der Waals surface area contributed by atoms with Gasteiger partial charge in [-0.05, 0) is 57.6 Å². The first-order valence-electron chi connectivity index (χ1n) is 10.3. The van der Waals surface area contributed by atoms with Gasteiger partial charge in [0.1, 0.15) is 0 Å². The lowest BCUT2D eigenvalue weighted by molar-refractivity contribution is -0.139. The van der Waals surface area contributed by atoms with E-state index < -0.39 is 5.97 Å². The van der Waals surface area contributed by atoms with Crippen molar-refractivity contribution in [3.05, 3.63) is 47.3 Å². The Balaban J connectivity index is 1.38. The predicted molar refractivity (Wildman–Crippen MR) is 109 cm³/mol. The van der Waals surface area contributed by atoms with Crippen molar-refractivity contribution in [2.45, 2.75) is 51.6 Å². The summed E-state index contributed by atoms with van der Waals surface area (Å²) in [5.74, 6) is -0.229. The topological polar surface area (TPSA) is 87.5 Å². The molecule has 1 amide bonds. The molecular formula is C22H28N4O3. The smallest absolute Gasteiger partial charge is 0.317 e. The van der Waals surface area contributed by atoms with Crippen LogP contribution in [-0.2, 0) is 4.79 Å². The van der Waals surface area contributed by atoms with E-state index in [0.717, 1.165) is 30.8 Å². The number of carbonyl (C=O) groups excluding carboxylic acids is 1. The van der Waals surface area contributed by atoms with E-state index in [1.54, 1.807) is 4.68 Å². The number of para-hydroxylation sites is 1. The highest BCUT2D eigenvalue weighted by Crippen LogP contribution is 2.34. The van der Waals surface area contributed by atoms with Gasteiger partial charge in [0.15, 0.2) is 0 Å². The molecule has 2 saturated carbocycles. The summed E-state index contributed by atoms with van der Waals surface area (Å²) in [6.07, 6.45) is 4.01. The van der Waals surface area contributed by atoms with Crippen LogP contribution in [0.25, 0.3) is 5.69 Å². The normalized spacial score (nSPS) is 21.1. The zero-order chi connectivity index (χ0) is 20.5. The molecule has 2 aromatic rings. The summed E-state index contributed by atoms with van der Waals surface area (Å²) in [5.41, 5.74) is 3.09.